The second-order valence-corrected chi connectivity index (χ2v) is 15.1. The Morgan fingerprint density at radius 2 is 1.69 bits per heavy atom. The molecule has 0 spiro atoms. The SMILES string of the molecule is COC1CCC(N2C(=O)CNc3ncc(-c4ccc(C(C)(C)OCCC5(C)OB(c6ccc(C(C)(C)O)nc6)OC5(C)C)nc4)nc32)CC1. The summed E-state index contributed by atoms with van der Waals surface area (Å²) in [5.74, 6) is 1.20. The molecule has 2 fully saturated rings. The molecule has 12 nitrogen and oxygen atoms in total. The quantitative estimate of drug-likeness (QED) is 0.294. The zero-order valence-corrected chi connectivity index (χ0v) is 29.9. The van der Waals surface area contributed by atoms with E-state index in [1.165, 1.54) is 0 Å². The van der Waals surface area contributed by atoms with Crippen LogP contribution in [0.5, 0.6) is 0 Å². The highest BCUT2D eigenvalue weighted by molar-refractivity contribution is 6.62. The molecule has 1 saturated heterocycles. The fourth-order valence-electron chi connectivity index (χ4n) is 6.76. The molecule has 3 aromatic heterocycles. The van der Waals surface area contributed by atoms with Crippen LogP contribution in [0.2, 0.25) is 0 Å². The Morgan fingerprint density at radius 1 is 0.980 bits per heavy atom. The maximum absolute atomic E-state index is 13.1. The van der Waals surface area contributed by atoms with Crippen LogP contribution in [-0.4, -0.2) is 81.7 Å². The molecule has 1 saturated carbocycles. The van der Waals surface area contributed by atoms with Gasteiger partial charge in [0.2, 0.25) is 5.91 Å². The van der Waals surface area contributed by atoms with Gasteiger partial charge >= 0.3 is 7.12 Å². The van der Waals surface area contributed by atoms with E-state index >= 15 is 0 Å². The predicted molar refractivity (Wildman–Crippen MR) is 187 cm³/mol. The molecule has 13 heteroatoms. The minimum absolute atomic E-state index is 0.00681. The molecule has 2 N–H and O–H groups in total. The van der Waals surface area contributed by atoms with Crippen molar-refractivity contribution in [3.8, 4) is 11.3 Å². The number of amides is 1. The number of rotatable bonds is 10. The number of carbonyl (C=O) groups is 1. The third kappa shape index (κ3) is 7.23. The number of methoxy groups -OCH3 is 1. The van der Waals surface area contributed by atoms with Crippen molar-refractivity contribution in [3.63, 3.8) is 0 Å². The highest BCUT2D eigenvalue weighted by atomic mass is 16.7. The fourth-order valence-corrected chi connectivity index (χ4v) is 6.76. The molecule has 0 bridgehead atoms. The summed E-state index contributed by atoms with van der Waals surface area (Å²) in [6.07, 6.45) is 9.60. The van der Waals surface area contributed by atoms with Crippen LogP contribution in [0.25, 0.3) is 11.3 Å². The number of fused-ring (bicyclic) bond motifs is 1. The van der Waals surface area contributed by atoms with E-state index in [-0.39, 0.29) is 24.6 Å². The lowest BCUT2D eigenvalue weighted by Crippen LogP contribution is -2.49. The van der Waals surface area contributed by atoms with E-state index in [2.05, 4.69) is 15.3 Å². The van der Waals surface area contributed by atoms with Crippen molar-refractivity contribution in [3.05, 3.63) is 54.2 Å². The Balaban J connectivity index is 1.10. The second-order valence-electron chi connectivity index (χ2n) is 15.1. The summed E-state index contributed by atoms with van der Waals surface area (Å²) in [5.41, 5.74) is 0.694. The van der Waals surface area contributed by atoms with E-state index in [1.54, 1.807) is 45.6 Å². The van der Waals surface area contributed by atoms with Crippen molar-refractivity contribution < 1.29 is 28.7 Å². The van der Waals surface area contributed by atoms with Gasteiger partial charge in [0.05, 0.1) is 53.7 Å². The monoisotopic (exact) mass is 672 g/mol. The van der Waals surface area contributed by atoms with Crippen molar-refractivity contribution in [2.45, 2.75) is 115 Å². The second kappa shape index (κ2) is 13.3. The fraction of sp³-hybridized carbons (Fsp3) is 0.583. The average Bonchev–Trinajstić information content (AvgIpc) is 3.32. The number of aromatic nitrogens is 4. The summed E-state index contributed by atoms with van der Waals surface area (Å²) in [6.45, 7) is 14.1. The topological polar surface area (TPSA) is 141 Å². The van der Waals surface area contributed by atoms with Crippen LogP contribution in [-0.2, 0) is 34.8 Å². The normalized spacial score (nSPS) is 24.1. The number of ether oxygens (including phenoxy) is 2. The number of nitrogens with one attached hydrogen (secondary N) is 1. The first-order valence-corrected chi connectivity index (χ1v) is 17.2. The molecule has 3 aliphatic rings. The molecule has 5 heterocycles. The molecule has 1 aliphatic carbocycles. The van der Waals surface area contributed by atoms with Crippen LogP contribution < -0.4 is 15.7 Å². The Morgan fingerprint density at radius 3 is 2.33 bits per heavy atom. The van der Waals surface area contributed by atoms with Crippen molar-refractivity contribution in [1.29, 1.82) is 0 Å². The number of hydrogen-bond acceptors (Lipinski definition) is 11. The Kier molecular flexibility index (Phi) is 9.62. The number of nitrogens with zero attached hydrogens (tertiary/aromatic N) is 5. The lowest BCUT2D eigenvalue weighted by Gasteiger charge is -2.38. The molecule has 0 aromatic carbocycles. The van der Waals surface area contributed by atoms with Crippen LogP contribution in [0.4, 0.5) is 11.6 Å². The van der Waals surface area contributed by atoms with E-state index in [4.69, 9.17) is 28.8 Å². The zero-order valence-electron chi connectivity index (χ0n) is 29.9. The highest BCUT2D eigenvalue weighted by Crippen LogP contribution is 2.40. The van der Waals surface area contributed by atoms with E-state index in [0.29, 0.717) is 36.1 Å². The largest absolute Gasteiger partial charge is 0.496 e. The maximum Gasteiger partial charge on any atom is 0.496 e. The van der Waals surface area contributed by atoms with Gasteiger partial charge in [-0.25, -0.2) is 9.97 Å². The molecule has 1 amide bonds. The number of aliphatic hydroxyl groups is 1. The van der Waals surface area contributed by atoms with Crippen LogP contribution >= 0.6 is 0 Å². The summed E-state index contributed by atoms with van der Waals surface area (Å²) in [4.78, 5) is 33.6. The van der Waals surface area contributed by atoms with E-state index in [0.717, 1.165) is 42.4 Å². The van der Waals surface area contributed by atoms with Crippen molar-refractivity contribution in [2.24, 2.45) is 0 Å². The molecule has 1 atom stereocenters. The van der Waals surface area contributed by atoms with Crippen LogP contribution in [0.3, 0.4) is 0 Å². The van der Waals surface area contributed by atoms with Gasteiger partial charge in [0.15, 0.2) is 11.6 Å². The van der Waals surface area contributed by atoms with Gasteiger partial charge < -0.3 is 29.2 Å². The predicted octanol–water partition coefficient (Wildman–Crippen LogP) is 4.50. The van der Waals surface area contributed by atoms with E-state index < -0.39 is 29.5 Å². The average molecular weight is 673 g/mol. The number of pyridine rings is 2. The smallest absolute Gasteiger partial charge is 0.399 e. The summed E-state index contributed by atoms with van der Waals surface area (Å²) >= 11 is 0. The highest BCUT2D eigenvalue weighted by Gasteiger charge is 2.54. The first-order chi connectivity index (χ1) is 23.1. The van der Waals surface area contributed by atoms with Gasteiger partial charge in [-0.05, 0) is 92.3 Å². The van der Waals surface area contributed by atoms with Crippen LogP contribution in [0, 0.1) is 0 Å². The van der Waals surface area contributed by atoms with Crippen LogP contribution in [0.15, 0.2) is 42.9 Å². The molecular formula is C36H49BN6O6. The minimum atomic E-state index is -1.02. The third-order valence-electron chi connectivity index (χ3n) is 10.4. The molecule has 2 aliphatic heterocycles. The Hall–Kier alpha value is -3.49. The molecule has 262 valence electrons. The maximum atomic E-state index is 13.1. The first-order valence-electron chi connectivity index (χ1n) is 17.2. The zero-order chi connectivity index (χ0) is 35.2. The van der Waals surface area contributed by atoms with Gasteiger partial charge in [-0.2, -0.15) is 0 Å². The molecule has 6 rings (SSSR count). The minimum Gasteiger partial charge on any atom is -0.399 e. The summed E-state index contributed by atoms with van der Waals surface area (Å²) in [7, 11) is 1.17. The van der Waals surface area contributed by atoms with Gasteiger partial charge in [0, 0.05) is 43.0 Å². The summed E-state index contributed by atoms with van der Waals surface area (Å²) in [5, 5.41) is 13.4. The van der Waals surface area contributed by atoms with Crippen LogP contribution in [0.1, 0.15) is 92.0 Å². The van der Waals surface area contributed by atoms with E-state index in [9.17, 15) is 9.90 Å². The van der Waals surface area contributed by atoms with Crippen molar-refractivity contribution >= 4 is 30.1 Å². The van der Waals surface area contributed by atoms with Gasteiger partial charge in [0.25, 0.3) is 0 Å². The Bertz CT molecular complexity index is 1640. The van der Waals surface area contributed by atoms with Gasteiger partial charge in [0.1, 0.15) is 11.2 Å². The lowest BCUT2D eigenvalue weighted by atomic mass is 9.80. The lowest BCUT2D eigenvalue weighted by molar-refractivity contribution is -0.118. The molecule has 49 heavy (non-hydrogen) atoms. The number of carbonyl (C=O) groups excluding carboxylic acids is 1. The molecule has 3 aromatic rings. The Labute approximate surface area is 289 Å². The molecular weight excluding hydrogens is 623 g/mol. The summed E-state index contributed by atoms with van der Waals surface area (Å²) in [6, 6.07) is 7.68. The van der Waals surface area contributed by atoms with Gasteiger partial charge in [-0.3, -0.25) is 19.7 Å². The number of anilines is 2. The van der Waals surface area contributed by atoms with Gasteiger partial charge in [-0.1, -0.05) is 6.07 Å². The van der Waals surface area contributed by atoms with E-state index in [1.807, 2.05) is 57.7 Å². The van der Waals surface area contributed by atoms with Gasteiger partial charge in [-0.15, -0.1) is 0 Å². The van der Waals surface area contributed by atoms with Crippen molar-refractivity contribution in [1.82, 2.24) is 19.9 Å². The first kappa shape index (κ1) is 35.3. The molecule has 1 unspecified atom stereocenters. The number of hydrogen-bond donors (Lipinski definition) is 2. The third-order valence-corrected chi connectivity index (χ3v) is 10.4. The van der Waals surface area contributed by atoms with Crippen molar-refractivity contribution in [2.75, 3.05) is 30.5 Å². The summed E-state index contributed by atoms with van der Waals surface area (Å²) < 4.78 is 24.8. The standard InChI is InChI=1S/C36H49BN6O6/c1-33(2,45)28-16-10-24(20-39-28)37-48-35(5,6)36(7,49-37)17-18-47-34(3,4)29-15-9-23(19-38-29)27-21-40-31-32(42-27)43(30(44)22-41-31)25-11-13-26(46-8)14-12-25/h9-10,15-16,19-21,25-26,45H,11-14,17-18,22H2,1-8H3,(H,40,41). The molecule has 0 radical (unpaired) electrons.